The van der Waals surface area contributed by atoms with Crippen molar-refractivity contribution in [3.05, 3.63) is 47.8 Å². The van der Waals surface area contributed by atoms with E-state index in [1.54, 1.807) is 12.1 Å². The topological polar surface area (TPSA) is 72.4 Å². The molecule has 1 saturated carbocycles. The predicted octanol–water partition coefficient (Wildman–Crippen LogP) is 3.51. The van der Waals surface area contributed by atoms with Crippen LogP contribution in [0.25, 0.3) is 0 Å². The van der Waals surface area contributed by atoms with Crippen LogP contribution in [0.3, 0.4) is 0 Å². The highest BCUT2D eigenvalue weighted by atomic mass is 32.2. The number of aryl methyl sites for hydroxylation is 1. The number of hydrogen-bond donors (Lipinski definition) is 0. The number of aromatic nitrogens is 2. The zero-order valence-corrected chi connectivity index (χ0v) is 18.6. The standard InChI is InChI=1S/C23H31N3O3S/c1-3-17-13-24-23(25-14-17)26-10-8-19(9-11-26)22-12-20(22)16-29-15-18-4-6-21(7-5-18)30(2,27)28/h4-7,13-14,19-20,22H,3,8-12,15-16H2,1-2H3. The maximum atomic E-state index is 11.5. The van der Waals surface area contributed by atoms with Gasteiger partial charge in [-0.3, -0.25) is 0 Å². The van der Waals surface area contributed by atoms with Crippen LogP contribution in [0.4, 0.5) is 5.95 Å². The van der Waals surface area contributed by atoms with Crippen LogP contribution in [-0.4, -0.2) is 44.3 Å². The van der Waals surface area contributed by atoms with Crippen molar-refractivity contribution in [3.8, 4) is 0 Å². The SMILES string of the molecule is CCc1cnc(N2CCC(C3CC3COCc3ccc(S(C)(=O)=O)cc3)CC2)nc1. The van der Waals surface area contributed by atoms with Gasteiger partial charge in [0.15, 0.2) is 9.84 Å². The van der Waals surface area contributed by atoms with E-state index in [0.717, 1.165) is 49.5 Å². The van der Waals surface area contributed by atoms with Crippen molar-refractivity contribution in [2.45, 2.75) is 44.1 Å². The van der Waals surface area contributed by atoms with Gasteiger partial charge in [-0.15, -0.1) is 0 Å². The molecule has 0 radical (unpaired) electrons. The van der Waals surface area contributed by atoms with Crippen LogP contribution in [-0.2, 0) is 27.6 Å². The molecule has 30 heavy (non-hydrogen) atoms. The molecule has 1 aliphatic heterocycles. The number of benzene rings is 1. The molecule has 0 bridgehead atoms. The summed E-state index contributed by atoms with van der Waals surface area (Å²) in [6, 6.07) is 6.99. The fourth-order valence-corrected chi connectivity index (χ4v) is 5.05. The van der Waals surface area contributed by atoms with Gasteiger partial charge in [0.25, 0.3) is 0 Å². The lowest BCUT2D eigenvalue weighted by molar-refractivity contribution is 0.104. The minimum absolute atomic E-state index is 0.353. The monoisotopic (exact) mass is 429 g/mol. The molecule has 2 aromatic rings. The zero-order chi connectivity index (χ0) is 21.1. The molecule has 0 spiro atoms. The fourth-order valence-electron chi connectivity index (χ4n) is 4.42. The predicted molar refractivity (Wildman–Crippen MR) is 117 cm³/mol. The van der Waals surface area contributed by atoms with Crippen LogP contribution in [0.15, 0.2) is 41.6 Å². The van der Waals surface area contributed by atoms with Gasteiger partial charge in [0.05, 0.1) is 18.1 Å². The van der Waals surface area contributed by atoms with Crippen molar-refractivity contribution in [3.63, 3.8) is 0 Å². The molecular formula is C23H31N3O3S. The molecule has 0 N–H and O–H groups in total. The van der Waals surface area contributed by atoms with E-state index in [2.05, 4.69) is 21.8 Å². The van der Waals surface area contributed by atoms with Gasteiger partial charge in [0.1, 0.15) is 0 Å². The van der Waals surface area contributed by atoms with E-state index in [-0.39, 0.29) is 0 Å². The molecule has 1 aromatic carbocycles. The Morgan fingerprint density at radius 2 is 1.73 bits per heavy atom. The third kappa shape index (κ3) is 5.19. The molecule has 2 atom stereocenters. The number of nitrogens with zero attached hydrogens (tertiary/aromatic N) is 3. The third-order valence-electron chi connectivity index (χ3n) is 6.46. The van der Waals surface area contributed by atoms with Crippen LogP contribution < -0.4 is 4.90 Å². The lowest BCUT2D eigenvalue weighted by atomic mass is 9.91. The van der Waals surface area contributed by atoms with E-state index >= 15 is 0 Å². The van der Waals surface area contributed by atoms with Gasteiger partial charge in [0, 0.05) is 31.7 Å². The number of hydrogen-bond acceptors (Lipinski definition) is 6. The molecule has 6 nitrogen and oxygen atoms in total. The average molecular weight is 430 g/mol. The minimum Gasteiger partial charge on any atom is -0.376 e. The van der Waals surface area contributed by atoms with Gasteiger partial charge in [-0.25, -0.2) is 18.4 Å². The Morgan fingerprint density at radius 3 is 2.33 bits per heavy atom. The molecule has 2 unspecified atom stereocenters. The number of rotatable bonds is 8. The fraction of sp³-hybridized carbons (Fsp3) is 0.565. The van der Waals surface area contributed by atoms with E-state index in [1.807, 2.05) is 24.5 Å². The summed E-state index contributed by atoms with van der Waals surface area (Å²) in [4.78, 5) is 11.7. The summed E-state index contributed by atoms with van der Waals surface area (Å²) < 4.78 is 29.0. The lowest BCUT2D eigenvalue weighted by Gasteiger charge is -2.32. The molecule has 2 aliphatic rings. The second kappa shape index (κ2) is 9.02. The van der Waals surface area contributed by atoms with Crippen LogP contribution >= 0.6 is 0 Å². The van der Waals surface area contributed by atoms with E-state index in [0.29, 0.717) is 17.4 Å². The first-order valence-electron chi connectivity index (χ1n) is 10.9. The Morgan fingerprint density at radius 1 is 1.07 bits per heavy atom. The van der Waals surface area contributed by atoms with Crippen LogP contribution in [0, 0.1) is 17.8 Å². The highest BCUT2D eigenvalue weighted by molar-refractivity contribution is 7.90. The normalized spacial score (nSPS) is 22.3. The summed E-state index contributed by atoms with van der Waals surface area (Å²) in [5.41, 5.74) is 2.20. The molecule has 1 saturated heterocycles. The summed E-state index contributed by atoms with van der Waals surface area (Å²) in [6.07, 6.45) is 9.75. The summed E-state index contributed by atoms with van der Waals surface area (Å²) in [7, 11) is -3.14. The van der Waals surface area contributed by atoms with E-state index in [9.17, 15) is 8.42 Å². The summed E-state index contributed by atoms with van der Waals surface area (Å²) in [6.45, 7) is 5.52. The highest BCUT2D eigenvalue weighted by Gasteiger charge is 2.43. The maximum Gasteiger partial charge on any atom is 0.225 e. The molecule has 4 rings (SSSR count). The van der Waals surface area contributed by atoms with Gasteiger partial charge in [-0.1, -0.05) is 19.1 Å². The molecule has 7 heteroatoms. The quantitative estimate of drug-likeness (QED) is 0.639. The number of anilines is 1. The maximum absolute atomic E-state index is 11.5. The van der Waals surface area contributed by atoms with Crippen molar-refractivity contribution >= 4 is 15.8 Å². The molecular weight excluding hydrogens is 398 g/mol. The van der Waals surface area contributed by atoms with Crippen molar-refractivity contribution in [1.82, 2.24) is 9.97 Å². The molecule has 1 aromatic heterocycles. The first kappa shape index (κ1) is 21.2. The number of ether oxygens (including phenoxy) is 1. The molecule has 2 heterocycles. The van der Waals surface area contributed by atoms with Crippen LogP contribution in [0.1, 0.15) is 37.3 Å². The highest BCUT2D eigenvalue weighted by Crippen LogP contribution is 2.48. The Hall–Kier alpha value is -1.99. The van der Waals surface area contributed by atoms with Crippen LogP contribution in [0.5, 0.6) is 0 Å². The van der Waals surface area contributed by atoms with E-state index < -0.39 is 9.84 Å². The first-order chi connectivity index (χ1) is 14.4. The lowest BCUT2D eigenvalue weighted by Crippen LogP contribution is -2.35. The van der Waals surface area contributed by atoms with Crippen molar-refractivity contribution in [2.24, 2.45) is 17.8 Å². The summed E-state index contributed by atoms with van der Waals surface area (Å²) in [5.74, 6) is 3.09. The Balaban J connectivity index is 1.17. The Labute approximate surface area is 179 Å². The zero-order valence-electron chi connectivity index (χ0n) is 17.8. The van der Waals surface area contributed by atoms with Crippen molar-refractivity contribution < 1.29 is 13.2 Å². The molecule has 162 valence electrons. The minimum atomic E-state index is -3.14. The van der Waals surface area contributed by atoms with Gasteiger partial charge in [-0.2, -0.15) is 0 Å². The second-order valence-electron chi connectivity index (χ2n) is 8.66. The molecule has 1 aliphatic carbocycles. The molecule has 2 fully saturated rings. The second-order valence-corrected chi connectivity index (χ2v) is 10.7. The smallest absolute Gasteiger partial charge is 0.225 e. The number of sulfone groups is 1. The van der Waals surface area contributed by atoms with Gasteiger partial charge >= 0.3 is 0 Å². The average Bonchev–Trinajstić information content (AvgIpc) is 3.53. The van der Waals surface area contributed by atoms with Crippen molar-refractivity contribution in [1.29, 1.82) is 0 Å². The summed E-state index contributed by atoms with van der Waals surface area (Å²) in [5, 5.41) is 0. The van der Waals surface area contributed by atoms with Crippen molar-refractivity contribution in [2.75, 3.05) is 30.9 Å². The third-order valence-corrected chi connectivity index (χ3v) is 7.59. The first-order valence-corrected chi connectivity index (χ1v) is 12.8. The van der Waals surface area contributed by atoms with Crippen LogP contribution in [0.2, 0.25) is 0 Å². The van der Waals surface area contributed by atoms with E-state index in [4.69, 9.17) is 4.74 Å². The van der Waals surface area contributed by atoms with Gasteiger partial charge in [-0.05, 0) is 66.7 Å². The Bertz CT molecular complexity index is 937. The largest absolute Gasteiger partial charge is 0.376 e. The van der Waals surface area contributed by atoms with Gasteiger partial charge < -0.3 is 9.64 Å². The summed E-state index contributed by atoms with van der Waals surface area (Å²) >= 11 is 0. The number of piperidine rings is 1. The Kier molecular flexibility index (Phi) is 6.39. The van der Waals surface area contributed by atoms with E-state index in [1.165, 1.54) is 31.1 Å². The molecule has 0 amide bonds. The van der Waals surface area contributed by atoms with Gasteiger partial charge in [0.2, 0.25) is 5.95 Å².